The average molecular weight is 380 g/mol. The third-order valence-electron chi connectivity index (χ3n) is 3.44. The normalized spacial score (nSPS) is 11.8. The molecule has 7 nitrogen and oxygen atoms in total. The maximum absolute atomic E-state index is 12.1. The Labute approximate surface area is 154 Å². The van der Waals surface area contributed by atoms with Gasteiger partial charge < -0.3 is 10.1 Å². The molecule has 142 valence electrons. The molecule has 1 unspecified atom stereocenters. The van der Waals surface area contributed by atoms with E-state index in [-0.39, 0.29) is 11.7 Å². The number of unbranched alkanes of at least 4 members (excludes halogenated alkanes) is 1. The molecule has 0 spiro atoms. The van der Waals surface area contributed by atoms with Gasteiger partial charge in [-0.1, -0.05) is 17.9 Å². The molecule has 0 heterocycles. The van der Waals surface area contributed by atoms with Crippen LogP contribution in [0, 0.1) is 11.8 Å². The van der Waals surface area contributed by atoms with Gasteiger partial charge in [-0.3, -0.25) is 4.79 Å². The van der Waals surface area contributed by atoms with E-state index in [1.54, 1.807) is 38.1 Å². The summed E-state index contributed by atoms with van der Waals surface area (Å²) in [5.74, 6) is 5.04. The SMILES string of the molecule is CCS(=O)(=O)NCCCC#Cc1cccc(C(=O)NC(C)C(=O)OC)c1. The van der Waals surface area contributed by atoms with E-state index in [0.717, 1.165) is 0 Å². The average Bonchev–Trinajstić information content (AvgIpc) is 2.63. The Bertz CT molecular complexity index is 793. The van der Waals surface area contributed by atoms with E-state index in [9.17, 15) is 18.0 Å². The van der Waals surface area contributed by atoms with Gasteiger partial charge in [-0.05, 0) is 38.5 Å². The molecule has 0 saturated heterocycles. The van der Waals surface area contributed by atoms with E-state index >= 15 is 0 Å². The number of nitrogens with one attached hydrogen (secondary N) is 2. The first-order chi connectivity index (χ1) is 12.3. The van der Waals surface area contributed by atoms with Crippen LogP contribution in [-0.4, -0.2) is 45.7 Å². The first kappa shape index (κ1) is 21.7. The number of benzene rings is 1. The largest absolute Gasteiger partial charge is 0.467 e. The van der Waals surface area contributed by atoms with Gasteiger partial charge in [-0.25, -0.2) is 17.9 Å². The van der Waals surface area contributed by atoms with Crippen LogP contribution >= 0.6 is 0 Å². The summed E-state index contributed by atoms with van der Waals surface area (Å²) in [5, 5.41) is 2.55. The van der Waals surface area contributed by atoms with E-state index < -0.39 is 22.0 Å². The van der Waals surface area contributed by atoms with Crippen molar-refractivity contribution in [3.8, 4) is 11.8 Å². The van der Waals surface area contributed by atoms with E-state index in [4.69, 9.17) is 0 Å². The summed E-state index contributed by atoms with van der Waals surface area (Å²) < 4.78 is 29.6. The Morgan fingerprint density at radius 1 is 1.31 bits per heavy atom. The molecule has 0 aromatic heterocycles. The van der Waals surface area contributed by atoms with Crippen LogP contribution in [0.2, 0.25) is 0 Å². The highest BCUT2D eigenvalue weighted by Crippen LogP contribution is 2.05. The van der Waals surface area contributed by atoms with Crippen LogP contribution in [0.1, 0.15) is 42.6 Å². The minimum Gasteiger partial charge on any atom is -0.467 e. The lowest BCUT2D eigenvalue weighted by molar-refractivity contribution is -0.142. The lowest BCUT2D eigenvalue weighted by Gasteiger charge is -2.11. The predicted molar refractivity (Wildman–Crippen MR) is 99.0 cm³/mol. The Kier molecular flexibility index (Phi) is 8.82. The van der Waals surface area contributed by atoms with Gasteiger partial charge in [-0.2, -0.15) is 0 Å². The summed E-state index contributed by atoms with van der Waals surface area (Å²) in [4.78, 5) is 23.5. The molecule has 1 atom stereocenters. The summed E-state index contributed by atoms with van der Waals surface area (Å²) in [6, 6.07) is 6.00. The predicted octanol–water partition coefficient (Wildman–Crippen LogP) is 1.05. The quantitative estimate of drug-likeness (QED) is 0.399. The zero-order valence-electron chi connectivity index (χ0n) is 15.2. The van der Waals surface area contributed by atoms with Crippen molar-refractivity contribution in [1.82, 2.24) is 10.0 Å². The van der Waals surface area contributed by atoms with Gasteiger partial charge in [0.2, 0.25) is 10.0 Å². The highest BCUT2D eigenvalue weighted by Gasteiger charge is 2.16. The second-order valence-corrected chi connectivity index (χ2v) is 7.60. The second-order valence-electron chi connectivity index (χ2n) is 5.50. The number of amides is 1. The fourth-order valence-electron chi connectivity index (χ4n) is 1.92. The molecule has 1 rings (SSSR count). The van der Waals surface area contributed by atoms with Crippen molar-refractivity contribution in [2.24, 2.45) is 0 Å². The Hall–Kier alpha value is -2.37. The molecule has 0 fully saturated rings. The zero-order chi connectivity index (χ0) is 19.6. The van der Waals surface area contributed by atoms with Crippen LogP contribution in [0.5, 0.6) is 0 Å². The molecule has 1 aromatic carbocycles. The number of carbonyl (C=O) groups is 2. The van der Waals surface area contributed by atoms with Gasteiger partial charge in [0.15, 0.2) is 0 Å². The molecule has 1 amide bonds. The van der Waals surface area contributed by atoms with Crippen molar-refractivity contribution in [3.63, 3.8) is 0 Å². The van der Waals surface area contributed by atoms with Gasteiger partial charge in [0.1, 0.15) is 6.04 Å². The molecule has 1 aromatic rings. The molecule has 0 radical (unpaired) electrons. The zero-order valence-corrected chi connectivity index (χ0v) is 16.0. The number of hydrogen-bond donors (Lipinski definition) is 2. The number of hydrogen-bond acceptors (Lipinski definition) is 5. The Morgan fingerprint density at radius 3 is 2.69 bits per heavy atom. The van der Waals surface area contributed by atoms with E-state index in [1.807, 2.05) is 0 Å². The minimum absolute atomic E-state index is 0.0577. The first-order valence-corrected chi connectivity index (χ1v) is 9.89. The number of carbonyl (C=O) groups excluding carboxylic acids is 2. The van der Waals surface area contributed by atoms with Crippen LogP contribution < -0.4 is 10.0 Å². The molecule has 0 aliphatic heterocycles. The number of esters is 1. The smallest absolute Gasteiger partial charge is 0.328 e. The van der Waals surface area contributed by atoms with Gasteiger partial charge in [0, 0.05) is 24.1 Å². The van der Waals surface area contributed by atoms with Crippen LogP contribution in [0.15, 0.2) is 24.3 Å². The van der Waals surface area contributed by atoms with E-state index in [1.165, 1.54) is 7.11 Å². The summed E-state index contributed by atoms with van der Waals surface area (Å²) in [6.07, 6.45) is 1.13. The van der Waals surface area contributed by atoms with Crippen molar-refractivity contribution in [2.45, 2.75) is 32.7 Å². The van der Waals surface area contributed by atoms with Crippen LogP contribution in [0.4, 0.5) is 0 Å². The number of sulfonamides is 1. The van der Waals surface area contributed by atoms with Crippen molar-refractivity contribution >= 4 is 21.9 Å². The van der Waals surface area contributed by atoms with E-state index in [0.29, 0.717) is 30.5 Å². The first-order valence-electron chi connectivity index (χ1n) is 8.24. The highest BCUT2D eigenvalue weighted by atomic mass is 32.2. The lowest BCUT2D eigenvalue weighted by atomic mass is 10.1. The summed E-state index contributed by atoms with van der Waals surface area (Å²) >= 11 is 0. The number of rotatable bonds is 8. The molecule has 0 saturated carbocycles. The van der Waals surface area contributed by atoms with Crippen molar-refractivity contribution in [2.75, 3.05) is 19.4 Å². The van der Waals surface area contributed by atoms with Gasteiger partial charge in [0.25, 0.3) is 5.91 Å². The fraction of sp³-hybridized carbons (Fsp3) is 0.444. The van der Waals surface area contributed by atoms with Crippen molar-refractivity contribution in [1.29, 1.82) is 0 Å². The molecule has 0 bridgehead atoms. The summed E-state index contributed by atoms with van der Waals surface area (Å²) in [7, 11) is -1.91. The third kappa shape index (κ3) is 7.68. The highest BCUT2D eigenvalue weighted by molar-refractivity contribution is 7.89. The van der Waals surface area contributed by atoms with Crippen LogP contribution in [0.3, 0.4) is 0 Å². The van der Waals surface area contributed by atoms with Gasteiger partial charge >= 0.3 is 5.97 Å². The lowest BCUT2D eigenvalue weighted by Crippen LogP contribution is -2.39. The standard InChI is InChI=1S/C18H24N2O5S/c1-4-26(23,24)19-12-7-5-6-9-15-10-8-11-16(13-15)17(21)20-14(2)18(22)25-3/h8,10-11,13-14,19H,4-5,7,12H2,1-3H3,(H,20,21). The summed E-state index contributed by atoms with van der Waals surface area (Å²) in [6.45, 7) is 3.47. The second kappa shape index (κ2) is 10.6. The maximum Gasteiger partial charge on any atom is 0.328 e. The molecule has 8 heteroatoms. The molecular weight excluding hydrogens is 356 g/mol. The molecular formula is C18H24N2O5S. The molecule has 26 heavy (non-hydrogen) atoms. The molecule has 2 N–H and O–H groups in total. The molecule has 0 aliphatic rings. The van der Waals surface area contributed by atoms with Gasteiger partial charge in [0.05, 0.1) is 12.9 Å². The maximum atomic E-state index is 12.1. The summed E-state index contributed by atoms with van der Waals surface area (Å²) in [5.41, 5.74) is 1.06. The minimum atomic E-state index is -3.17. The molecule has 0 aliphatic carbocycles. The Balaban J connectivity index is 2.57. The van der Waals surface area contributed by atoms with Gasteiger partial charge in [-0.15, -0.1) is 0 Å². The fourth-order valence-corrected chi connectivity index (χ4v) is 2.58. The van der Waals surface area contributed by atoms with Crippen molar-refractivity contribution < 1.29 is 22.7 Å². The Morgan fingerprint density at radius 2 is 2.04 bits per heavy atom. The van der Waals surface area contributed by atoms with E-state index in [2.05, 4.69) is 26.6 Å². The number of ether oxygens (including phenoxy) is 1. The number of methoxy groups -OCH3 is 1. The van der Waals surface area contributed by atoms with Crippen LogP contribution in [-0.2, 0) is 19.6 Å². The topological polar surface area (TPSA) is 102 Å². The van der Waals surface area contributed by atoms with Crippen molar-refractivity contribution in [3.05, 3.63) is 35.4 Å². The third-order valence-corrected chi connectivity index (χ3v) is 4.84. The van der Waals surface area contributed by atoms with Crippen LogP contribution in [0.25, 0.3) is 0 Å². The monoisotopic (exact) mass is 380 g/mol.